The molecule has 0 saturated carbocycles. The second-order valence-corrected chi connectivity index (χ2v) is 35.2. The quantitative estimate of drug-likeness (QED) is 0.0929. The topological polar surface area (TPSA) is 148 Å². The van der Waals surface area contributed by atoms with Gasteiger partial charge in [0.2, 0.25) is 0 Å². The van der Waals surface area contributed by atoms with Crippen LogP contribution in [-0.4, -0.2) is 59.0 Å². The number of nitrogens with one attached hydrogen (secondary N) is 1. The van der Waals surface area contributed by atoms with Crippen molar-refractivity contribution in [3.8, 4) is 125 Å². The normalized spacial score (nSPS) is 11.5. The molecule has 139 heavy (non-hydrogen) atoms. The lowest BCUT2D eigenvalue weighted by Crippen LogP contribution is -2.10. The fraction of sp³-hybridized carbons (Fsp3) is 0.00806. The van der Waals surface area contributed by atoms with Crippen LogP contribution >= 0.6 is 15.9 Å². The van der Waals surface area contributed by atoms with Crippen molar-refractivity contribution < 1.29 is 0 Å². The Morgan fingerprint density at radius 2 is 0.468 bits per heavy atom. The largest absolute Gasteiger partial charge is 0.355 e. The van der Waals surface area contributed by atoms with Gasteiger partial charge in [-0.25, -0.2) is 44.9 Å². The van der Waals surface area contributed by atoms with Gasteiger partial charge in [-0.2, -0.15) is 0 Å². The Hall–Kier alpha value is -18.3. The van der Waals surface area contributed by atoms with Crippen LogP contribution < -0.4 is 9.80 Å². The third-order valence-corrected chi connectivity index (χ3v) is 26.1. The molecule has 26 rings (SSSR count). The number of aromatic nitrogens is 12. The van der Waals surface area contributed by atoms with Crippen LogP contribution in [0, 0.1) is 0 Å². The maximum Gasteiger partial charge on any atom is 0.164 e. The summed E-state index contributed by atoms with van der Waals surface area (Å²) in [6.07, 6.45) is 1.01. The number of halogens is 1. The van der Waals surface area contributed by atoms with Gasteiger partial charge in [-0.05, 0) is 199 Å². The second kappa shape index (κ2) is 36.9. The highest BCUT2D eigenvalue weighted by Gasteiger charge is 2.26. The summed E-state index contributed by atoms with van der Waals surface area (Å²) in [7, 11) is 0. The first-order valence-electron chi connectivity index (χ1n) is 46.4. The molecule has 656 valence electrons. The number of hydrogen-bond acceptors (Lipinski definition) is 11. The van der Waals surface area contributed by atoms with Gasteiger partial charge < -0.3 is 23.9 Å². The monoisotopic (exact) mass is 1850 g/mol. The van der Waals surface area contributed by atoms with Gasteiger partial charge in [0.25, 0.3) is 0 Å². The molecule has 1 aliphatic carbocycles. The molecule has 0 spiro atoms. The zero-order chi connectivity index (χ0) is 92.5. The van der Waals surface area contributed by atoms with E-state index in [2.05, 4.69) is 324 Å². The van der Waals surface area contributed by atoms with Crippen molar-refractivity contribution in [2.24, 2.45) is 0 Å². The molecule has 6 heterocycles. The van der Waals surface area contributed by atoms with E-state index in [9.17, 15) is 0 Å². The summed E-state index contributed by atoms with van der Waals surface area (Å²) in [5.74, 6) is 5.78. The standard InChI is InChI=1S/C72H47N9.C31H22N2.C21H14BrN3/c1-6-20-48(21-7-1)67-73-68(49-22-8-2-9-23-49)76-71(75-67)52-34-38-55(39-35-52)80-63-32-18-16-30-59(63)61-46-57(42-44-65(61)80)79(54-28-14-5-15-29-54)58-43-45-66-62(47-58)60-31-17-19-33-64(60)81(66)56-40-36-53(37-41-56)72-77-69(50-24-10-3-11-25-50)74-70(78-72)51-26-12-4-13-27-51;1-2-9-23(10-3-1)33(24-15-14-22-18-21-8-4-5-11-26(21)28(22)19-24)25-16-17-31-29(20-25)27-12-6-7-13-30(27)32-31;22-18-13-11-17(12-14-18)21-24-19(15-7-3-1-4-8-15)23-20(25-21)16-9-5-2-6-10-16/h1-47H;1-17,19-20,32H,18H2;1-14H. The third-order valence-electron chi connectivity index (χ3n) is 25.6. The van der Waals surface area contributed by atoms with Crippen LogP contribution in [0.15, 0.2) is 490 Å². The molecular weight excluding hydrogens is 1770 g/mol. The van der Waals surface area contributed by atoms with E-state index in [1.807, 2.05) is 206 Å². The molecule has 15 heteroatoms. The first kappa shape index (κ1) is 83.7. The van der Waals surface area contributed by atoms with E-state index in [4.69, 9.17) is 39.9 Å². The summed E-state index contributed by atoms with van der Waals surface area (Å²) in [6.45, 7) is 0. The highest BCUT2D eigenvalue weighted by molar-refractivity contribution is 9.10. The molecule has 14 nitrogen and oxygen atoms in total. The number of para-hydroxylation sites is 5. The van der Waals surface area contributed by atoms with Crippen LogP contribution in [0.1, 0.15) is 11.1 Å². The molecule has 0 saturated heterocycles. The van der Waals surface area contributed by atoms with Crippen molar-refractivity contribution in [1.29, 1.82) is 0 Å². The van der Waals surface area contributed by atoms with Gasteiger partial charge in [0, 0.05) is 143 Å². The van der Waals surface area contributed by atoms with E-state index >= 15 is 0 Å². The average molecular weight is 1850 g/mol. The Morgan fingerprint density at radius 1 is 0.194 bits per heavy atom. The molecule has 0 aliphatic heterocycles. The summed E-state index contributed by atoms with van der Waals surface area (Å²) in [5, 5.41) is 7.13. The van der Waals surface area contributed by atoms with Crippen molar-refractivity contribution in [2.45, 2.75) is 6.42 Å². The zero-order valence-electron chi connectivity index (χ0n) is 75.1. The van der Waals surface area contributed by atoms with Crippen molar-refractivity contribution >= 4 is 115 Å². The van der Waals surface area contributed by atoms with E-state index < -0.39 is 0 Å². The van der Waals surface area contributed by atoms with Gasteiger partial charge in [0.05, 0.1) is 22.1 Å². The van der Waals surface area contributed by atoms with E-state index in [-0.39, 0.29) is 0 Å². The minimum Gasteiger partial charge on any atom is -0.355 e. The van der Waals surface area contributed by atoms with Crippen LogP contribution in [0.5, 0.6) is 0 Å². The highest BCUT2D eigenvalue weighted by Crippen LogP contribution is 2.47. The Morgan fingerprint density at radius 3 is 0.856 bits per heavy atom. The van der Waals surface area contributed by atoms with Gasteiger partial charge in [0.15, 0.2) is 52.4 Å². The second-order valence-electron chi connectivity index (χ2n) is 34.2. The molecular formula is C124H83BrN14. The predicted molar refractivity (Wildman–Crippen MR) is 572 cm³/mol. The lowest BCUT2D eigenvalue weighted by Gasteiger charge is -2.26. The van der Waals surface area contributed by atoms with Gasteiger partial charge >= 0.3 is 0 Å². The highest BCUT2D eigenvalue weighted by atomic mass is 79.9. The Kier molecular flexibility index (Phi) is 22.2. The number of rotatable bonds is 17. The predicted octanol–water partition coefficient (Wildman–Crippen LogP) is 31.7. The lowest BCUT2D eigenvalue weighted by molar-refractivity contribution is 1.07. The van der Waals surface area contributed by atoms with Crippen LogP contribution in [-0.2, 0) is 6.42 Å². The van der Waals surface area contributed by atoms with Crippen molar-refractivity contribution in [2.75, 3.05) is 9.80 Å². The van der Waals surface area contributed by atoms with Gasteiger partial charge in [-0.3, -0.25) is 0 Å². The van der Waals surface area contributed by atoms with Crippen molar-refractivity contribution in [1.82, 2.24) is 59.0 Å². The number of anilines is 6. The average Bonchev–Trinajstić information content (AvgIpc) is 1.58. The number of H-pyrrole nitrogens is 1. The van der Waals surface area contributed by atoms with E-state index in [0.717, 1.165) is 150 Å². The number of aromatic amines is 1. The van der Waals surface area contributed by atoms with E-state index in [1.54, 1.807) is 0 Å². The van der Waals surface area contributed by atoms with Crippen LogP contribution in [0.3, 0.4) is 0 Å². The Balaban J connectivity index is 0.000000146. The lowest BCUT2D eigenvalue weighted by atomic mass is 10.0. The molecule has 6 aromatic heterocycles. The smallest absolute Gasteiger partial charge is 0.164 e. The van der Waals surface area contributed by atoms with Gasteiger partial charge in [-0.15, -0.1) is 0 Å². The fourth-order valence-corrected chi connectivity index (χ4v) is 19.2. The zero-order valence-corrected chi connectivity index (χ0v) is 76.7. The minimum atomic E-state index is 0.618. The molecule has 19 aromatic carbocycles. The summed E-state index contributed by atoms with van der Waals surface area (Å²) in [6, 6.07) is 169. The molecule has 0 atom stereocenters. The summed E-state index contributed by atoms with van der Waals surface area (Å²) >= 11 is 3.47. The van der Waals surface area contributed by atoms with Crippen molar-refractivity contribution in [3.63, 3.8) is 0 Å². The van der Waals surface area contributed by atoms with Crippen LogP contribution in [0.25, 0.3) is 190 Å². The van der Waals surface area contributed by atoms with Crippen LogP contribution in [0.4, 0.5) is 34.1 Å². The minimum absolute atomic E-state index is 0.618. The molecule has 1 aliphatic rings. The third kappa shape index (κ3) is 16.6. The first-order valence-corrected chi connectivity index (χ1v) is 47.2. The number of hydrogen-bond donors (Lipinski definition) is 1. The molecule has 0 fully saturated rings. The molecule has 25 aromatic rings. The van der Waals surface area contributed by atoms with Crippen LogP contribution in [0.2, 0.25) is 0 Å². The van der Waals surface area contributed by atoms with E-state index in [1.165, 1.54) is 44.2 Å². The SMILES string of the molecule is Brc1ccc(-c2nc(-c3ccccc3)nc(-c3ccccc3)n2)cc1.c1ccc(-c2nc(-c3ccccc3)nc(-c3ccc(-n4c5ccccc5c5cc(N(c6ccccc6)c6ccc7c(c6)c6ccccc6n7-c6ccc(-c7nc(-c8ccccc8)nc(-c8ccccc8)n7)cc6)ccc54)cc3)n2)cc1.c1ccc(N(c2ccc3c(c2)-c2ccccc2C3)c2ccc3[nH]c4ccccc4c3c2)cc1. The summed E-state index contributed by atoms with van der Waals surface area (Å²) in [4.78, 5) is 52.2. The molecule has 0 bridgehead atoms. The Labute approximate surface area is 810 Å². The summed E-state index contributed by atoms with van der Waals surface area (Å²) in [5.41, 5.74) is 29.5. The van der Waals surface area contributed by atoms with E-state index in [0.29, 0.717) is 52.4 Å². The van der Waals surface area contributed by atoms with Crippen molar-refractivity contribution in [3.05, 3.63) is 501 Å². The van der Waals surface area contributed by atoms with Gasteiger partial charge in [-0.1, -0.05) is 331 Å². The summed E-state index contributed by atoms with van der Waals surface area (Å²) < 4.78 is 5.73. The fourth-order valence-electron chi connectivity index (χ4n) is 19.0. The Bertz CT molecular complexity index is 8360. The molecule has 0 radical (unpaired) electrons. The maximum absolute atomic E-state index is 5.01. The number of benzene rings is 19. The number of fused-ring (bicyclic) bond motifs is 12. The number of nitrogens with zero attached hydrogens (tertiary/aromatic N) is 13. The molecule has 0 unspecified atom stereocenters. The van der Waals surface area contributed by atoms with Gasteiger partial charge in [0.1, 0.15) is 0 Å². The molecule has 0 amide bonds. The molecule has 1 N–H and O–H groups in total. The first-order chi connectivity index (χ1) is 68.8. The maximum atomic E-state index is 5.01.